The van der Waals surface area contributed by atoms with Crippen molar-refractivity contribution in [2.75, 3.05) is 5.88 Å². The van der Waals surface area contributed by atoms with Gasteiger partial charge < -0.3 is 9.64 Å². The van der Waals surface area contributed by atoms with Gasteiger partial charge in [-0.05, 0) is 45.4 Å². The Morgan fingerprint density at radius 1 is 1.04 bits per heavy atom. The molecule has 2 aromatic carbocycles. The van der Waals surface area contributed by atoms with E-state index in [1.807, 2.05) is 58.0 Å². The summed E-state index contributed by atoms with van der Waals surface area (Å²) in [6.45, 7) is 7.98. The first-order valence-electron chi connectivity index (χ1n) is 9.18. The van der Waals surface area contributed by atoms with Gasteiger partial charge in [-0.1, -0.05) is 41.9 Å². The highest BCUT2D eigenvalue weighted by Gasteiger charge is 2.29. The molecular weight excluding hydrogens is 397 g/mol. The van der Waals surface area contributed by atoms with E-state index in [1.165, 1.54) is 6.07 Å². The van der Waals surface area contributed by atoms with Crippen molar-refractivity contribution >= 4 is 34.9 Å². The van der Waals surface area contributed by atoms with Crippen LogP contribution in [0.2, 0.25) is 5.02 Å². The van der Waals surface area contributed by atoms with Gasteiger partial charge in [-0.2, -0.15) is 0 Å². The lowest BCUT2D eigenvalue weighted by molar-refractivity contribution is 0.0635. The van der Waals surface area contributed by atoms with Crippen LogP contribution < -0.4 is 4.74 Å². The second-order valence-corrected chi connectivity index (χ2v) is 7.76. The minimum absolute atomic E-state index is 0.0518. The maximum Gasteiger partial charge on any atom is 0.258 e. The lowest BCUT2D eigenvalue weighted by Crippen LogP contribution is -2.42. The van der Waals surface area contributed by atoms with E-state index in [4.69, 9.17) is 27.9 Å². The summed E-state index contributed by atoms with van der Waals surface area (Å²) >= 11 is 12.0. The number of hydrogen-bond acceptors (Lipinski definition) is 3. The molecular formula is C22H25Cl2NO3. The Labute approximate surface area is 176 Å². The topological polar surface area (TPSA) is 46.6 Å². The summed E-state index contributed by atoms with van der Waals surface area (Å²) in [4.78, 5) is 27.6. The molecule has 0 unspecified atom stereocenters. The highest BCUT2D eigenvalue weighted by atomic mass is 35.5. The van der Waals surface area contributed by atoms with Gasteiger partial charge in [0.05, 0.1) is 11.4 Å². The van der Waals surface area contributed by atoms with Gasteiger partial charge in [-0.15, -0.1) is 11.6 Å². The summed E-state index contributed by atoms with van der Waals surface area (Å²) in [6.07, 6.45) is 0. The molecule has 0 radical (unpaired) electrons. The van der Waals surface area contributed by atoms with Gasteiger partial charge in [0, 0.05) is 22.7 Å². The monoisotopic (exact) mass is 421 g/mol. The van der Waals surface area contributed by atoms with Gasteiger partial charge in [0.2, 0.25) is 0 Å². The van der Waals surface area contributed by atoms with E-state index in [0.717, 1.165) is 5.56 Å². The fourth-order valence-electron chi connectivity index (χ4n) is 3.14. The van der Waals surface area contributed by atoms with Crippen molar-refractivity contribution in [3.8, 4) is 5.75 Å². The van der Waals surface area contributed by atoms with Crippen LogP contribution >= 0.6 is 23.2 Å². The van der Waals surface area contributed by atoms with Crippen LogP contribution in [0.15, 0.2) is 42.5 Å². The van der Waals surface area contributed by atoms with E-state index >= 15 is 0 Å². The van der Waals surface area contributed by atoms with Gasteiger partial charge in [0.15, 0.2) is 5.78 Å². The first-order valence-corrected chi connectivity index (χ1v) is 10.1. The van der Waals surface area contributed by atoms with Crippen LogP contribution in [0.4, 0.5) is 0 Å². The molecule has 0 heterocycles. The van der Waals surface area contributed by atoms with Gasteiger partial charge in [-0.3, -0.25) is 9.59 Å². The van der Waals surface area contributed by atoms with E-state index in [9.17, 15) is 9.59 Å². The number of hydrogen-bond donors (Lipinski definition) is 0. The number of rotatable bonds is 8. The molecule has 0 N–H and O–H groups in total. The Kier molecular flexibility index (Phi) is 7.90. The number of ether oxygens (including phenoxy) is 1. The van der Waals surface area contributed by atoms with Crippen LogP contribution in [0.1, 0.15) is 54.0 Å². The smallest absolute Gasteiger partial charge is 0.258 e. The summed E-state index contributed by atoms with van der Waals surface area (Å²) in [7, 11) is 0. The zero-order valence-corrected chi connectivity index (χ0v) is 18.1. The predicted octanol–water partition coefficient (Wildman–Crippen LogP) is 5.60. The van der Waals surface area contributed by atoms with Crippen LogP contribution in [0.5, 0.6) is 5.75 Å². The third-order valence-electron chi connectivity index (χ3n) is 4.29. The molecule has 0 bridgehead atoms. The Hall–Kier alpha value is -2.04. The number of carbonyl (C=O) groups excluding carboxylic acids is 2. The highest BCUT2D eigenvalue weighted by Crippen LogP contribution is 2.31. The van der Waals surface area contributed by atoms with E-state index in [2.05, 4.69) is 0 Å². The van der Waals surface area contributed by atoms with E-state index in [0.29, 0.717) is 5.02 Å². The minimum Gasteiger partial charge on any atom is -0.488 e. The second-order valence-electron chi connectivity index (χ2n) is 7.06. The minimum atomic E-state index is -0.371. The Morgan fingerprint density at radius 2 is 1.64 bits per heavy atom. The molecule has 0 fully saturated rings. The van der Waals surface area contributed by atoms with Crippen molar-refractivity contribution in [1.82, 2.24) is 4.90 Å². The van der Waals surface area contributed by atoms with Crippen molar-refractivity contribution in [3.05, 3.63) is 64.2 Å². The van der Waals surface area contributed by atoms with Crippen LogP contribution in [0, 0.1) is 0 Å². The normalized spacial score (nSPS) is 11.0. The number of amides is 1. The molecule has 0 aliphatic rings. The Balaban J connectivity index is 2.55. The molecule has 0 aromatic heterocycles. The van der Waals surface area contributed by atoms with E-state index in [-0.39, 0.29) is 53.1 Å². The molecule has 0 aliphatic carbocycles. The summed E-state index contributed by atoms with van der Waals surface area (Å²) in [5.41, 5.74) is 1.32. The number of alkyl halides is 1. The quantitative estimate of drug-likeness (QED) is 0.411. The standard InChI is InChI=1S/C22H25Cl2NO3/c1-14(2)25(15(3)4)22(27)21-18(19(26)12-23)10-17(24)11-20(21)28-13-16-8-6-5-7-9-16/h5-11,14-15H,12-13H2,1-4H3. The van der Waals surface area contributed by atoms with Gasteiger partial charge >= 0.3 is 0 Å². The Bertz CT molecular complexity index is 827. The molecule has 2 rings (SSSR count). The molecule has 1 amide bonds. The van der Waals surface area contributed by atoms with Crippen molar-refractivity contribution < 1.29 is 14.3 Å². The second kappa shape index (κ2) is 9.94. The van der Waals surface area contributed by atoms with Gasteiger partial charge in [0.1, 0.15) is 12.4 Å². The lowest BCUT2D eigenvalue weighted by atomic mass is 10.0. The highest BCUT2D eigenvalue weighted by molar-refractivity contribution is 6.34. The first kappa shape index (κ1) is 22.3. The predicted molar refractivity (Wildman–Crippen MR) is 114 cm³/mol. The number of carbonyl (C=O) groups is 2. The number of Topliss-reactive ketones (excluding diaryl/α,β-unsaturated/α-hetero) is 1. The third-order valence-corrected chi connectivity index (χ3v) is 4.75. The van der Waals surface area contributed by atoms with Crippen molar-refractivity contribution in [2.45, 2.75) is 46.4 Å². The molecule has 28 heavy (non-hydrogen) atoms. The van der Waals surface area contributed by atoms with Crippen molar-refractivity contribution in [2.24, 2.45) is 0 Å². The maximum absolute atomic E-state index is 13.4. The average molecular weight is 422 g/mol. The zero-order valence-electron chi connectivity index (χ0n) is 16.5. The maximum atomic E-state index is 13.4. The number of nitrogens with zero attached hydrogens (tertiary/aromatic N) is 1. The summed E-state index contributed by atoms with van der Waals surface area (Å²) in [5, 5.41) is 0.314. The lowest BCUT2D eigenvalue weighted by Gasteiger charge is -2.32. The van der Waals surface area contributed by atoms with Crippen LogP contribution in [-0.4, -0.2) is 34.6 Å². The van der Waals surface area contributed by atoms with Crippen molar-refractivity contribution in [3.63, 3.8) is 0 Å². The molecule has 0 saturated heterocycles. The third kappa shape index (κ3) is 5.27. The number of ketones is 1. The first-order chi connectivity index (χ1) is 13.3. The molecule has 4 nitrogen and oxygen atoms in total. The summed E-state index contributed by atoms with van der Waals surface area (Å²) < 4.78 is 5.94. The van der Waals surface area contributed by atoms with E-state index < -0.39 is 0 Å². The summed E-state index contributed by atoms with van der Waals surface area (Å²) in [6, 6.07) is 12.5. The van der Waals surface area contributed by atoms with E-state index in [1.54, 1.807) is 11.0 Å². The fourth-order valence-corrected chi connectivity index (χ4v) is 3.49. The number of benzene rings is 2. The van der Waals surface area contributed by atoms with Crippen LogP contribution in [-0.2, 0) is 6.61 Å². The van der Waals surface area contributed by atoms with Crippen molar-refractivity contribution in [1.29, 1.82) is 0 Å². The molecule has 6 heteroatoms. The molecule has 0 saturated carbocycles. The van der Waals surface area contributed by atoms with Crippen LogP contribution in [0.3, 0.4) is 0 Å². The van der Waals surface area contributed by atoms with Crippen LogP contribution in [0.25, 0.3) is 0 Å². The van der Waals surface area contributed by atoms with Gasteiger partial charge in [0.25, 0.3) is 5.91 Å². The molecule has 2 aromatic rings. The molecule has 150 valence electrons. The molecule has 0 atom stereocenters. The Morgan fingerprint density at radius 3 is 2.18 bits per heavy atom. The fraction of sp³-hybridized carbons (Fsp3) is 0.364. The molecule has 0 spiro atoms. The summed E-state index contributed by atoms with van der Waals surface area (Å²) in [5.74, 6) is -0.619. The largest absolute Gasteiger partial charge is 0.488 e. The zero-order chi connectivity index (χ0) is 20.8. The number of halogens is 2. The average Bonchev–Trinajstić information content (AvgIpc) is 2.65. The molecule has 0 aliphatic heterocycles. The van der Waals surface area contributed by atoms with Gasteiger partial charge in [-0.25, -0.2) is 0 Å². The SMILES string of the molecule is CC(C)N(C(=O)c1c(OCc2ccccc2)cc(Cl)cc1C(=O)CCl)C(C)C.